The number of hydrogen-bond acceptors (Lipinski definition) is 6. The maximum atomic E-state index is 13.9. The molecule has 192 valence electrons. The van der Waals surface area contributed by atoms with Crippen LogP contribution in [-0.2, 0) is 18.0 Å². The molecule has 37 heavy (non-hydrogen) atoms. The molecule has 0 aliphatic carbocycles. The lowest BCUT2D eigenvalue weighted by molar-refractivity contribution is -0.116. The van der Waals surface area contributed by atoms with E-state index in [-0.39, 0.29) is 34.7 Å². The number of anilines is 1. The molecule has 12 heteroatoms. The molecule has 5 rings (SSSR count). The van der Waals surface area contributed by atoms with Crippen molar-refractivity contribution >= 4 is 22.6 Å². The van der Waals surface area contributed by atoms with Gasteiger partial charge in [-0.1, -0.05) is 0 Å². The molecule has 0 saturated carbocycles. The zero-order chi connectivity index (χ0) is 26.4. The van der Waals surface area contributed by atoms with Gasteiger partial charge in [-0.3, -0.25) is 4.79 Å². The first-order valence-corrected chi connectivity index (χ1v) is 11.7. The second-order valence-corrected chi connectivity index (χ2v) is 8.98. The van der Waals surface area contributed by atoms with E-state index in [0.717, 1.165) is 17.1 Å². The lowest BCUT2D eigenvalue weighted by Crippen LogP contribution is -2.21. The van der Waals surface area contributed by atoms with Crippen molar-refractivity contribution in [3.05, 3.63) is 64.6 Å². The van der Waals surface area contributed by atoms with Crippen LogP contribution < -0.4 is 5.32 Å². The Hall–Kier alpha value is -4.35. The van der Waals surface area contributed by atoms with Crippen molar-refractivity contribution in [1.29, 1.82) is 0 Å². The number of nitrogens with zero attached hydrogens (tertiary/aromatic N) is 7. The van der Waals surface area contributed by atoms with Gasteiger partial charge in [0.2, 0.25) is 5.91 Å². The summed E-state index contributed by atoms with van der Waals surface area (Å²) < 4.78 is 38.2. The smallest absolute Gasteiger partial charge is 0.264 e. The van der Waals surface area contributed by atoms with Gasteiger partial charge < -0.3 is 9.73 Å². The van der Waals surface area contributed by atoms with E-state index >= 15 is 0 Å². The van der Waals surface area contributed by atoms with E-state index in [9.17, 15) is 13.6 Å². The van der Waals surface area contributed by atoms with E-state index < -0.39 is 6.43 Å². The van der Waals surface area contributed by atoms with Crippen LogP contribution in [-0.4, -0.2) is 40.2 Å². The van der Waals surface area contributed by atoms with Crippen LogP contribution in [0.4, 0.5) is 14.5 Å². The number of pyridine rings is 1. The summed E-state index contributed by atoms with van der Waals surface area (Å²) in [6.07, 6.45) is -1.30. The van der Waals surface area contributed by atoms with Gasteiger partial charge in [0.15, 0.2) is 11.4 Å². The normalized spacial score (nSPS) is 11.7. The Bertz CT molecular complexity index is 1610. The van der Waals surface area contributed by atoms with E-state index in [1.165, 1.54) is 17.0 Å². The summed E-state index contributed by atoms with van der Waals surface area (Å²) in [4.78, 5) is 17.6. The molecule has 0 bridgehead atoms. The largest absolute Gasteiger partial charge is 0.463 e. The Labute approximate surface area is 210 Å². The highest BCUT2D eigenvalue weighted by Crippen LogP contribution is 2.33. The second kappa shape index (κ2) is 9.26. The molecule has 0 saturated heterocycles. The van der Waals surface area contributed by atoms with E-state index in [1.807, 2.05) is 31.5 Å². The molecule has 1 amide bonds. The highest BCUT2D eigenvalue weighted by molar-refractivity contribution is 5.93. The average Bonchev–Trinajstić information content (AvgIpc) is 3.60. The summed E-state index contributed by atoms with van der Waals surface area (Å²) in [5.74, 6) is -0.0370. The zero-order valence-electron chi connectivity index (χ0n) is 21.1. The molecule has 0 spiro atoms. The van der Waals surface area contributed by atoms with Gasteiger partial charge in [-0.25, -0.2) is 27.8 Å². The fourth-order valence-corrected chi connectivity index (χ4v) is 4.50. The minimum Gasteiger partial charge on any atom is -0.463 e. The van der Waals surface area contributed by atoms with Crippen LogP contribution in [0.15, 0.2) is 34.9 Å². The number of aryl methyl sites for hydroxylation is 4. The van der Waals surface area contributed by atoms with Gasteiger partial charge in [-0.15, -0.1) is 0 Å². The SMILES string of the molecule is Cc1cc(C)n(Cn2nc(C)c(NC(=O)Cn3nc(C)c4c(C(F)F)cc(-c5ccco5)nc43)c2C)n1. The number of alkyl halides is 2. The third kappa shape index (κ3) is 4.50. The Balaban J connectivity index is 1.44. The van der Waals surface area contributed by atoms with Crippen molar-refractivity contribution in [2.24, 2.45) is 0 Å². The first kappa shape index (κ1) is 24.3. The highest BCUT2D eigenvalue weighted by atomic mass is 19.3. The van der Waals surface area contributed by atoms with Crippen LogP contribution in [0.2, 0.25) is 0 Å². The Morgan fingerprint density at radius 3 is 2.43 bits per heavy atom. The van der Waals surface area contributed by atoms with Crippen molar-refractivity contribution in [2.45, 2.75) is 54.3 Å². The van der Waals surface area contributed by atoms with Gasteiger partial charge >= 0.3 is 0 Å². The zero-order valence-corrected chi connectivity index (χ0v) is 21.1. The highest BCUT2D eigenvalue weighted by Gasteiger charge is 2.23. The monoisotopic (exact) mass is 508 g/mol. The first-order chi connectivity index (χ1) is 17.6. The topological polar surface area (TPSA) is 109 Å². The lowest BCUT2D eigenvalue weighted by atomic mass is 10.1. The third-order valence-corrected chi connectivity index (χ3v) is 6.23. The standard InChI is InChI=1S/C25H26F2N8O2/c1-13-9-14(2)34(30-13)12-35-17(5)23(16(4)32-35)29-21(36)11-33-25-22(15(3)31-33)18(24(26)27)10-19(28-25)20-7-6-8-37-20/h6-10,24H,11-12H2,1-5H3,(H,29,36). The van der Waals surface area contributed by atoms with Gasteiger partial charge in [0.25, 0.3) is 6.43 Å². The fraction of sp³-hybridized carbons (Fsp3) is 0.320. The lowest BCUT2D eigenvalue weighted by Gasteiger charge is -2.09. The molecule has 0 aromatic carbocycles. The number of furan rings is 1. The van der Waals surface area contributed by atoms with E-state index in [4.69, 9.17) is 4.42 Å². The molecule has 10 nitrogen and oxygen atoms in total. The minimum atomic E-state index is -2.75. The van der Waals surface area contributed by atoms with Gasteiger partial charge in [0, 0.05) is 11.3 Å². The van der Waals surface area contributed by atoms with Crippen LogP contribution in [0, 0.1) is 34.6 Å². The van der Waals surface area contributed by atoms with E-state index in [0.29, 0.717) is 29.5 Å². The van der Waals surface area contributed by atoms with Crippen molar-refractivity contribution in [3.63, 3.8) is 0 Å². The van der Waals surface area contributed by atoms with Gasteiger partial charge in [0.05, 0.1) is 40.1 Å². The maximum Gasteiger partial charge on any atom is 0.264 e. The summed E-state index contributed by atoms with van der Waals surface area (Å²) in [6, 6.07) is 6.57. The van der Waals surface area contributed by atoms with Crippen LogP contribution in [0.5, 0.6) is 0 Å². The molecule has 0 atom stereocenters. The average molecular weight is 509 g/mol. The number of fused-ring (bicyclic) bond motifs is 1. The number of amides is 1. The minimum absolute atomic E-state index is 0.186. The van der Waals surface area contributed by atoms with Crippen molar-refractivity contribution in [1.82, 2.24) is 34.3 Å². The predicted molar refractivity (Wildman–Crippen MR) is 132 cm³/mol. The van der Waals surface area contributed by atoms with E-state index in [1.54, 1.807) is 30.7 Å². The predicted octanol–water partition coefficient (Wildman–Crippen LogP) is 4.71. The molecule has 0 fully saturated rings. The number of nitrogens with one attached hydrogen (secondary N) is 1. The van der Waals surface area contributed by atoms with Crippen LogP contribution >= 0.6 is 0 Å². The summed E-state index contributed by atoms with van der Waals surface area (Å²) in [6.45, 7) is 9.36. The Kier molecular flexibility index (Phi) is 6.10. The molecule has 0 aliphatic rings. The van der Waals surface area contributed by atoms with Gasteiger partial charge in [0.1, 0.15) is 18.9 Å². The second-order valence-electron chi connectivity index (χ2n) is 8.98. The Morgan fingerprint density at radius 2 is 1.78 bits per heavy atom. The summed E-state index contributed by atoms with van der Waals surface area (Å²) in [5, 5.41) is 16.5. The van der Waals surface area contributed by atoms with Crippen LogP contribution in [0.3, 0.4) is 0 Å². The van der Waals surface area contributed by atoms with Crippen LogP contribution in [0.1, 0.15) is 40.5 Å². The molecule has 1 N–H and O–H groups in total. The van der Waals surface area contributed by atoms with Crippen molar-refractivity contribution in [3.8, 4) is 11.5 Å². The molecule has 0 unspecified atom stereocenters. The molecule has 5 heterocycles. The fourth-order valence-electron chi connectivity index (χ4n) is 4.50. The number of aromatic nitrogens is 7. The van der Waals surface area contributed by atoms with E-state index in [2.05, 4.69) is 25.6 Å². The summed E-state index contributed by atoms with van der Waals surface area (Å²) in [5.41, 5.74) is 4.48. The summed E-state index contributed by atoms with van der Waals surface area (Å²) in [7, 11) is 0. The molecular weight excluding hydrogens is 482 g/mol. The van der Waals surface area contributed by atoms with Crippen LogP contribution in [0.25, 0.3) is 22.5 Å². The molecule has 0 radical (unpaired) electrons. The third-order valence-electron chi connectivity index (χ3n) is 6.23. The quantitative estimate of drug-likeness (QED) is 0.341. The molecular formula is C25H26F2N8O2. The number of halogens is 2. The van der Waals surface area contributed by atoms with Crippen molar-refractivity contribution < 1.29 is 18.0 Å². The number of rotatable bonds is 7. The maximum absolute atomic E-state index is 13.9. The molecule has 0 aliphatic heterocycles. The van der Waals surface area contributed by atoms with Crippen molar-refractivity contribution in [2.75, 3.05) is 5.32 Å². The van der Waals surface area contributed by atoms with Gasteiger partial charge in [-0.2, -0.15) is 15.3 Å². The molecule has 5 aromatic heterocycles. The Morgan fingerprint density at radius 1 is 1.03 bits per heavy atom. The van der Waals surface area contributed by atoms with Gasteiger partial charge in [-0.05, 0) is 58.9 Å². The number of carbonyl (C=O) groups excluding carboxylic acids is 1. The first-order valence-electron chi connectivity index (χ1n) is 11.7. The molecule has 5 aromatic rings. The number of hydrogen-bond donors (Lipinski definition) is 1. The number of carbonyl (C=O) groups is 1. The summed E-state index contributed by atoms with van der Waals surface area (Å²) >= 11 is 0.